The second-order valence-electron chi connectivity index (χ2n) is 9.06. The zero-order chi connectivity index (χ0) is 25.1. The molecule has 0 aliphatic carbocycles. The van der Waals surface area contributed by atoms with Crippen LogP contribution < -0.4 is 0 Å². The fourth-order valence-electron chi connectivity index (χ4n) is 4.81. The summed E-state index contributed by atoms with van der Waals surface area (Å²) in [6, 6.07) is 22.8. The number of aliphatic imine (C=N–C) groups is 1. The monoisotopic (exact) mass is 486 g/mol. The number of carbonyl (C=O) groups is 1. The van der Waals surface area contributed by atoms with Crippen LogP contribution in [0.15, 0.2) is 77.8 Å². The summed E-state index contributed by atoms with van der Waals surface area (Å²) in [5.41, 5.74) is 4.39. The minimum Gasteiger partial charge on any atom is -0.507 e. The van der Waals surface area contributed by atoms with E-state index >= 15 is 0 Å². The number of aliphatic hydroxyl groups excluding tert-OH is 1. The number of phenols is 1. The first-order valence-corrected chi connectivity index (χ1v) is 12.1. The molecule has 0 spiro atoms. The van der Waals surface area contributed by atoms with Gasteiger partial charge in [0.1, 0.15) is 31.1 Å². The number of amidine groups is 1. The molecule has 0 radical (unpaired) electrons. The van der Waals surface area contributed by atoms with Crippen LogP contribution in [0.1, 0.15) is 28.4 Å². The van der Waals surface area contributed by atoms with E-state index in [4.69, 9.17) is 9.73 Å². The third-order valence-electron chi connectivity index (χ3n) is 6.68. The minimum atomic E-state index is -0.325. The Morgan fingerprint density at radius 2 is 1.72 bits per heavy atom. The van der Waals surface area contributed by atoms with Crippen LogP contribution in [-0.4, -0.2) is 69.8 Å². The standard InChI is InChI=1S/C28H30N4O4/c1-20-11-12-22-24(17-20)29-26(23-9-5-6-10-25(23)34)32(19-33)27(22)30-13-15-31(16-14-30)28(35)36-18-21-7-3-2-4-8-21/h2-12,17,27,33-34H,13-16,18-19H2,1H3. The zero-order valence-electron chi connectivity index (χ0n) is 20.2. The molecule has 2 aliphatic rings. The number of hydrogen-bond donors (Lipinski definition) is 2. The van der Waals surface area contributed by atoms with Crippen molar-refractivity contribution in [3.63, 3.8) is 0 Å². The summed E-state index contributed by atoms with van der Waals surface area (Å²) < 4.78 is 5.52. The Hall–Kier alpha value is -3.88. The van der Waals surface area contributed by atoms with Gasteiger partial charge in [-0.2, -0.15) is 0 Å². The van der Waals surface area contributed by atoms with Gasteiger partial charge in [-0.3, -0.25) is 4.90 Å². The van der Waals surface area contributed by atoms with Crippen molar-refractivity contribution in [1.29, 1.82) is 0 Å². The van der Waals surface area contributed by atoms with Crippen molar-refractivity contribution >= 4 is 17.6 Å². The molecule has 1 fully saturated rings. The van der Waals surface area contributed by atoms with Crippen molar-refractivity contribution in [3.05, 3.63) is 95.1 Å². The molecule has 3 aromatic carbocycles. The molecule has 1 saturated heterocycles. The maximum atomic E-state index is 12.7. The molecular weight excluding hydrogens is 456 g/mol. The second-order valence-corrected chi connectivity index (χ2v) is 9.06. The summed E-state index contributed by atoms with van der Waals surface area (Å²) in [6.07, 6.45) is -0.617. The van der Waals surface area contributed by atoms with Crippen LogP contribution in [0.5, 0.6) is 5.75 Å². The van der Waals surface area contributed by atoms with Crippen molar-refractivity contribution in [2.75, 3.05) is 32.9 Å². The van der Waals surface area contributed by atoms with E-state index in [0.29, 0.717) is 37.6 Å². The lowest BCUT2D eigenvalue weighted by molar-refractivity contribution is 0.00155. The number of rotatable bonds is 5. The lowest BCUT2D eigenvalue weighted by atomic mass is 10.0. The summed E-state index contributed by atoms with van der Waals surface area (Å²) in [7, 11) is 0. The smallest absolute Gasteiger partial charge is 0.410 e. The number of nitrogens with zero attached hydrogens (tertiary/aromatic N) is 4. The molecule has 2 N–H and O–H groups in total. The van der Waals surface area contributed by atoms with Gasteiger partial charge in [-0.25, -0.2) is 9.79 Å². The highest BCUT2D eigenvalue weighted by molar-refractivity contribution is 6.03. The van der Waals surface area contributed by atoms with Gasteiger partial charge < -0.3 is 24.7 Å². The molecule has 1 atom stereocenters. The molecular formula is C28H30N4O4. The number of para-hydroxylation sites is 1. The van der Waals surface area contributed by atoms with Gasteiger partial charge in [-0.1, -0.05) is 54.6 Å². The summed E-state index contributed by atoms with van der Waals surface area (Å²) in [5, 5.41) is 21.0. The second kappa shape index (κ2) is 10.4. The Morgan fingerprint density at radius 3 is 2.44 bits per heavy atom. The fourth-order valence-corrected chi connectivity index (χ4v) is 4.81. The molecule has 2 aliphatic heterocycles. The zero-order valence-corrected chi connectivity index (χ0v) is 20.2. The number of aromatic hydroxyl groups is 1. The lowest BCUT2D eigenvalue weighted by Crippen LogP contribution is -2.55. The summed E-state index contributed by atoms with van der Waals surface area (Å²) in [4.78, 5) is 23.3. The van der Waals surface area contributed by atoms with Crippen LogP contribution in [-0.2, 0) is 11.3 Å². The van der Waals surface area contributed by atoms with Crippen LogP contribution in [0, 0.1) is 6.92 Å². The Balaban J connectivity index is 1.36. The predicted octanol–water partition coefficient (Wildman–Crippen LogP) is 4.00. The molecule has 1 amide bonds. The number of hydrogen-bond acceptors (Lipinski definition) is 7. The van der Waals surface area contributed by atoms with Crippen LogP contribution in [0.3, 0.4) is 0 Å². The number of carbonyl (C=O) groups excluding carboxylic acids is 1. The van der Waals surface area contributed by atoms with Gasteiger partial charge in [0, 0.05) is 31.7 Å². The topological polar surface area (TPSA) is 88.8 Å². The minimum absolute atomic E-state index is 0.107. The average Bonchev–Trinajstić information content (AvgIpc) is 2.91. The normalized spacial score (nSPS) is 17.9. The first-order chi connectivity index (χ1) is 17.5. The number of aliphatic hydroxyl groups is 1. The van der Waals surface area contributed by atoms with E-state index in [2.05, 4.69) is 4.90 Å². The van der Waals surface area contributed by atoms with E-state index in [1.54, 1.807) is 28.0 Å². The van der Waals surface area contributed by atoms with E-state index in [0.717, 1.165) is 22.4 Å². The molecule has 0 saturated carbocycles. The Labute approximate surface area is 210 Å². The fraction of sp³-hybridized carbons (Fsp3) is 0.286. The Kier molecular flexibility index (Phi) is 6.88. The third kappa shape index (κ3) is 4.78. The highest BCUT2D eigenvalue weighted by Gasteiger charge is 2.37. The van der Waals surface area contributed by atoms with Gasteiger partial charge >= 0.3 is 6.09 Å². The maximum Gasteiger partial charge on any atom is 0.410 e. The van der Waals surface area contributed by atoms with Gasteiger partial charge in [0.25, 0.3) is 0 Å². The largest absolute Gasteiger partial charge is 0.507 e. The van der Waals surface area contributed by atoms with E-state index in [-0.39, 0.29) is 31.3 Å². The van der Waals surface area contributed by atoms with Crippen LogP contribution >= 0.6 is 0 Å². The van der Waals surface area contributed by atoms with Crippen molar-refractivity contribution in [2.45, 2.75) is 19.7 Å². The molecule has 5 rings (SSSR count). The van der Waals surface area contributed by atoms with Gasteiger partial charge in [0.15, 0.2) is 0 Å². The number of amides is 1. The third-order valence-corrected chi connectivity index (χ3v) is 6.68. The first kappa shape index (κ1) is 23.8. The number of fused-ring (bicyclic) bond motifs is 1. The van der Waals surface area contributed by atoms with E-state index in [9.17, 15) is 15.0 Å². The van der Waals surface area contributed by atoms with Crippen LogP contribution in [0.25, 0.3) is 0 Å². The summed E-state index contributed by atoms with van der Waals surface area (Å²) in [5.74, 6) is 0.624. The SMILES string of the molecule is Cc1ccc2c(c1)N=C(c1ccccc1O)N(CO)C2N1CCN(C(=O)OCc2ccccc2)CC1. The molecule has 186 valence electrons. The van der Waals surface area contributed by atoms with Gasteiger partial charge in [-0.05, 0) is 36.2 Å². The van der Waals surface area contributed by atoms with Crippen LogP contribution in [0.4, 0.5) is 10.5 Å². The maximum absolute atomic E-state index is 12.7. The molecule has 2 heterocycles. The van der Waals surface area contributed by atoms with Crippen molar-refractivity contribution < 1.29 is 19.7 Å². The van der Waals surface area contributed by atoms with Crippen LogP contribution in [0.2, 0.25) is 0 Å². The highest BCUT2D eigenvalue weighted by atomic mass is 16.6. The van der Waals surface area contributed by atoms with E-state index in [1.807, 2.05) is 61.5 Å². The molecule has 0 aromatic heterocycles. The lowest BCUT2D eigenvalue weighted by Gasteiger charge is -2.46. The first-order valence-electron chi connectivity index (χ1n) is 12.1. The molecule has 3 aromatic rings. The van der Waals surface area contributed by atoms with Gasteiger partial charge in [-0.15, -0.1) is 0 Å². The summed E-state index contributed by atoms with van der Waals surface area (Å²) in [6.45, 7) is 4.20. The number of piperazine rings is 1. The quantitative estimate of drug-likeness (QED) is 0.567. The number of aryl methyl sites for hydroxylation is 1. The molecule has 8 nitrogen and oxygen atoms in total. The molecule has 1 unspecified atom stereocenters. The molecule has 8 heteroatoms. The summed E-state index contributed by atoms with van der Waals surface area (Å²) >= 11 is 0. The predicted molar refractivity (Wildman–Crippen MR) is 137 cm³/mol. The molecule has 36 heavy (non-hydrogen) atoms. The number of phenolic OH excluding ortho intramolecular Hbond substituents is 1. The Bertz CT molecular complexity index is 1260. The van der Waals surface area contributed by atoms with Crippen molar-refractivity contribution in [2.24, 2.45) is 4.99 Å². The Morgan fingerprint density at radius 1 is 1.00 bits per heavy atom. The number of benzene rings is 3. The van der Waals surface area contributed by atoms with Crippen molar-refractivity contribution in [3.8, 4) is 5.75 Å². The average molecular weight is 487 g/mol. The van der Waals surface area contributed by atoms with Crippen molar-refractivity contribution in [1.82, 2.24) is 14.7 Å². The van der Waals surface area contributed by atoms with Gasteiger partial charge in [0.05, 0.1) is 11.3 Å². The number of ether oxygens (including phenoxy) is 1. The highest BCUT2D eigenvalue weighted by Crippen LogP contribution is 2.40. The van der Waals surface area contributed by atoms with E-state index < -0.39 is 0 Å². The van der Waals surface area contributed by atoms with Gasteiger partial charge in [0.2, 0.25) is 0 Å². The molecule has 0 bridgehead atoms. The van der Waals surface area contributed by atoms with E-state index in [1.165, 1.54) is 0 Å².